The second-order valence-corrected chi connectivity index (χ2v) is 6.44. The predicted octanol–water partition coefficient (Wildman–Crippen LogP) is 4.85. The molecule has 0 bridgehead atoms. The van der Waals surface area contributed by atoms with Gasteiger partial charge in [-0.3, -0.25) is 0 Å². The highest BCUT2D eigenvalue weighted by Crippen LogP contribution is 2.29. The molecule has 0 atom stereocenters. The van der Waals surface area contributed by atoms with Crippen LogP contribution in [0.15, 0.2) is 42.1 Å². The monoisotopic (exact) mass is 390 g/mol. The fourth-order valence-electron chi connectivity index (χ4n) is 1.92. The van der Waals surface area contributed by atoms with E-state index in [0.29, 0.717) is 27.3 Å². The molecule has 8 heteroatoms. The van der Waals surface area contributed by atoms with Crippen LogP contribution < -0.4 is 9.57 Å². The number of rotatable bonds is 7. The molecule has 0 aromatic carbocycles. The summed E-state index contributed by atoms with van der Waals surface area (Å²) in [5.41, 5.74) is 2.24. The number of thiazole rings is 1. The Labute approximate surface area is 161 Å². The molecule has 0 unspecified atom stereocenters. The maximum atomic E-state index is 6.27. The Morgan fingerprint density at radius 1 is 1.35 bits per heavy atom. The number of oxime groups is 1. The van der Waals surface area contributed by atoms with E-state index in [1.165, 1.54) is 18.4 Å². The van der Waals surface area contributed by atoms with Crippen LogP contribution in [-0.2, 0) is 0 Å². The molecule has 2 heterocycles. The smallest absolute Gasteiger partial charge is 0.349 e. The Morgan fingerprint density at radius 3 is 2.77 bits per heavy atom. The predicted molar refractivity (Wildman–Crippen MR) is 106 cm³/mol. The molecule has 2 aromatic heterocycles. The van der Waals surface area contributed by atoms with Crippen molar-refractivity contribution in [2.45, 2.75) is 20.8 Å². The average Bonchev–Trinajstić information content (AvgIpc) is 3.01. The Bertz CT molecular complexity index is 887. The molecule has 2 aromatic rings. The second kappa shape index (κ2) is 9.26. The average molecular weight is 391 g/mol. The van der Waals surface area contributed by atoms with E-state index in [9.17, 15) is 0 Å². The van der Waals surface area contributed by atoms with Crippen molar-refractivity contribution in [3.8, 4) is 11.9 Å². The van der Waals surface area contributed by atoms with E-state index in [1.54, 1.807) is 19.1 Å². The largest absolute Gasteiger partial charge is 0.481 e. The third kappa shape index (κ3) is 5.00. The lowest BCUT2D eigenvalue weighted by Crippen LogP contribution is -2.00. The van der Waals surface area contributed by atoms with Gasteiger partial charge in [0.2, 0.25) is 5.88 Å². The standard InChI is InChI=1S/C18H19ClN4O2S/c1-6-8-9-13(7-2)17-22-16(19)15(26-17)12(4)23-25-18-20-11(3)10-14(21-18)24-5/h6-10H,1H2,2-5H3/b9-8-,13-7+,23-12+. The zero-order valence-corrected chi connectivity index (χ0v) is 16.6. The molecule has 136 valence electrons. The highest BCUT2D eigenvalue weighted by molar-refractivity contribution is 7.15. The van der Waals surface area contributed by atoms with Gasteiger partial charge in [-0.1, -0.05) is 47.6 Å². The van der Waals surface area contributed by atoms with Gasteiger partial charge in [0.05, 0.1) is 17.7 Å². The van der Waals surface area contributed by atoms with Crippen LogP contribution in [0.1, 0.15) is 29.4 Å². The van der Waals surface area contributed by atoms with E-state index >= 15 is 0 Å². The summed E-state index contributed by atoms with van der Waals surface area (Å²) in [6.07, 6.45) is 7.42. The van der Waals surface area contributed by atoms with E-state index in [4.69, 9.17) is 21.2 Å². The minimum Gasteiger partial charge on any atom is -0.481 e. The number of nitrogens with zero attached hydrogens (tertiary/aromatic N) is 4. The molecular formula is C18H19ClN4O2S. The molecule has 6 nitrogen and oxygen atoms in total. The molecule has 0 aliphatic rings. The van der Waals surface area contributed by atoms with Crippen molar-refractivity contribution in [2.75, 3.05) is 7.11 Å². The van der Waals surface area contributed by atoms with E-state index in [-0.39, 0.29) is 6.01 Å². The molecule has 0 aliphatic carbocycles. The number of hydrogen-bond acceptors (Lipinski definition) is 7. The van der Waals surface area contributed by atoms with Crippen molar-refractivity contribution >= 4 is 34.2 Å². The maximum Gasteiger partial charge on any atom is 0.349 e. The Kier molecular flexibility index (Phi) is 7.06. The lowest BCUT2D eigenvalue weighted by Gasteiger charge is -2.03. The summed E-state index contributed by atoms with van der Waals surface area (Å²) >= 11 is 7.69. The van der Waals surface area contributed by atoms with E-state index in [2.05, 4.69) is 26.7 Å². The number of halogens is 1. The van der Waals surface area contributed by atoms with E-state index < -0.39 is 0 Å². The highest BCUT2D eigenvalue weighted by Gasteiger charge is 2.14. The Hall–Kier alpha value is -2.51. The van der Waals surface area contributed by atoms with Crippen molar-refractivity contribution in [1.29, 1.82) is 0 Å². The molecule has 2 rings (SSSR count). The third-order valence-electron chi connectivity index (χ3n) is 3.17. The summed E-state index contributed by atoms with van der Waals surface area (Å²) in [6.45, 7) is 9.20. The summed E-state index contributed by atoms with van der Waals surface area (Å²) in [5, 5.41) is 5.22. The van der Waals surface area contributed by atoms with Crippen LogP contribution in [0.4, 0.5) is 0 Å². The first-order chi connectivity index (χ1) is 12.5. The number of aryl methyl sites for hydroxylation is 1. The molecule has 0 fully saturated rings. The van der Waals surface area contributed by atoms with Crippen LogP contribution in [0.2, 0.25) is 5.15 Å². The van der Waals surface area contributed by atoms with Gasteiger partial charge in [-0.15, -0.1) is 11.3 Å². The van der Waals surface area contributed by atoms with E-state index in [1.807, 2.05) is 32.1 Å². The number of hydrogen-bond donors (Lipinski definition) is 0. The summed E-state index contributed by atoms with van der Waals surface area (Å²) < 4.78 is 5.09. The zero-order chi connectivity index (χ0) is 19.1. The van der Waals surface area contributed by atoms with Gasteiger partial charge in [0.25, 0.3) is 0 Å². The van der Waals surface area contributed by atoms with Gasteiger partial charge in [0.15, 0.2) is 0 Å². The van der Waals surface area contributed by atoms with E-state index in [0.717, 1.165) is 10.6 Å². The van der Waals surface area contributed by atoms with Crippen LogP contribution in [0.25, 0.3) is 5.57 Å². The van der Waals surface area contributed by atoms with Gasteiger partial charge in [-0.2, -0.15) is 9.97 Å². The summed E-state index contributed by atoms with van der Waals surface area (Å²) in [5.74, 6) is 0.408. The Morgan fingerprint density at radius 2 is 2.12 bits per heavy atom. The molecule has 0 radical (unpaired) electrons. The second-order valence-electron chi connectivity index (χ2n) is 5.08. The van der Waals surface area contributed by atoms with Gasteiger partial charge in [0, 0.05) is 17.3 Å². The molecular weight excluding hydrogens is 372 g/mol. The van der Waals surface area contributed by atoms with Crippen LogP contribution in [-0.4, -0.2) is 27.8 Å². The minimum absolute atomic E-state index is 0.102. The zero-order valence-electron chi connectivity index (χ0n) is 15.0. The first-order valence-corrected chi connectivity index (χ1v) is 8.91. The number of methoxy groups -OCH3 is 1. The van der Waals surface area contributed by atoms with Gasteiger partial charge in [-0.05, 0) is 20.8 Å². The molecule has 0 N–H and O–H groups in total. The normalized spacial score (nSPS) is 12.5. The number of ether oxygens (including phenoxy) is 1. The van der Waals surface area contributed by atoms with Crippen molar-refractivity contribution in [3.05, 3.63) is 57.7 Å². The third-order valence-corrected chi connectivity index (χ3v) is 4.77. The van der Waals surface area contributed by atoms with Gasteiger partial charge < -0.3 is 9.57 Å². The molecule has 26 heavy (non-hydrogen) atoms. The summed E-state index contributed by atoms with van der Waals surface area (Å²) in [6, 6.07) is 1.80. The SMILES string of the molecule is C=C/C=C\C(=C/C)c1nc(Cl)c(/C(C)=N/Oc2nc(C)cc(OC)n2)s1. The first kappa shape index (κ1) is 19.8. The fourth-order valence-corrected chi connectivity index (χ4v) is 3.26. The quantitative estimate of drug-likeness (QED) is 0.384. The van der Waals surface area contributed by atoms with Crippen LogP contribution in [0.3, 0.4) is 0 Å². The van der Waals surface area contributed by atoms with Gasteiger partial charge >= 0.3 is 6.01 Å². The molecule has 0 spiro atoms. The first-order valence-electron chi connectivity index (χ1n) is 7.72. The van der Waals surface area contributed by atoms with Crippen molar-refractivity contribution < 1.29 is 9.57 Å². The van der Waals surface area contributed by atoms with Crippen LogP contribution >= 0.6 is 22.9 Å². The van der Waals surface area contributed by atoms with Crippen molar-refractivity contribution in [2.24, 2.45) is 5.16 Å². The lowest BCUT2D eigenvalue weighted by atomic mass is 10.2. The minimum atomic E-state index is 0.102. The Balaban J connectivity index is 2.25. The molecule has 0 saturated carbocycles. The number of allylic oxidation sites excluding steroid dienone is 5. The maximum absolute atomic E-state index is 6.27. The molecule has 0 saturated heterocycles. The van der Waals surface area contributed by atoms with Crippen LogP contribution in [0.5, 0.6) is 11.9 Å². The van der Waals surface area contributed by atoms with Gasteiger partial charge in [0.1, 0.15) is 10.2 Å². The molecule has 0 amide bonds. The van der Waals surface area contributed by atoms with Crippen molar-refractivity contribution in [1.82, 2.24) is 15.0 Å². The fraction of sp³-hybridized carbons (Fsp3) is 0.222. The van der Waals surface area contributed by atoms with Crippen LogP contribution in [0, 0.1) is 6.92 Å². The number of aromatic nitrogens is 3. The van der Waals surface area contributed by atoms with Gasteiger partial charge in [-0.25, -0.2) is 4.98 Å². The lowest BCUT2D eigenvalue weighted by molar-refractivity contribution is 0.301. The molecule has 0 aliphatic heterocycles. The summed E-state index contributed by atoms with van der Waals surface area (Å²) in [4.78, 5) is 18.7. The topological polar surface area (TPSA) is 69.5 Å². The highest BCUT2D eigenvalue weighted by atomic mass is 35.5. The summed E-state index contributed by atoms with van der Waals surface area (Å²) in [7, 11) is 1.53. The van der Waals surface area contributed by atoms with Crippen molar-refractivity contribution in [3.63, 3.8) is 0 Å².